The number of carbonyl (C=O) groups is 1. The lowest BCUT2D eigenvalue weighted by Crippen LogP contribution is -2.24. The number of halogens is 2. The third-order valence-corrected chi connectivity index (χ3v) is 8.13. The Kier molecular flexibility index (Phi) is 8.49. The summed E-state index contributed by atoms with van der Waals surface area (Å²) >= 11 is 0. The molecule has 0 amide bonds. The maximum Gasteiger partial charge on any atom is 0.214 e. The van der Waals surface area contributed by atoms with Crippen LogP contribution in [-0.2, 0) is 27.8 Å². The van der Waals surface area contributed by atoms with Crippen LogP contribution in [0.5, 0.6) is 0 Å². The first-order valence-electron chi connectivity index (χ1n) is 14.5. The number of rotatable bonds is 10. The Morgan fingerprint density at radius 1 is 1.16 bits per heavy atom. The summed E-state index contributed by atoms with van der Waals surface area (Å²) in [6.07, 6.45) is 1.31. The lowest BCUT2D eigenvalue weighted by atomic mass is 9.90. The van der Waals surface area contributed by atoms with Crippen molar-refractivity contribution in [1.29, 1.82) is 5.26 Å². The van der Waals surface area contributed by atoms with Crippen molar-refractivity contribution in [3.8, 4) is 23.0 Å². The largest absolute Gasteiger partial charge is 0.383 e. The number of carbonyl (C=O) groups excluding carboxylic acids is 1. The molecule has 1 saturated heterocycles. The normalized spacial score (nSPS) is 16.8. The van der Waals surface area contributed by atoms with E-state index < -0.39 is 17.7 Å². The molecular weight excluding hydrogens is 580 g/mol. The Bertz CT molecular complexity index is 1920. The van der Waals surface area contributed by atoms with Crippen molar-refractivity contribution in [1.82, 2.24) is 29.4 Å². The molecule has 230 valence electrons. The Balaban J connectivity index is 1.32. The number of nitrogens with zero attached hydrogens (tertiary/aromatic N) is 7. The molecule has 0 spiro atoms. The van der Waals surface area contributed by atoms with E-state index in [0.717, 1.165) is 29.1 Å². The van der Waals surface area contributed by atoms with Crippen LogP contribution in [0, 0.1) is 35.8 Å². The third-order valence-electron chi connectivity index (χ3n) is 8.13. The minimum atomic E-state index is -0.964. The third kappa shape index (κ3) is 5.98. The van der Waals surface area contributed by atoms with Crippen LogP contribution in [-0.4, -0.2) is 62.0 Å². The van der Waals surface area contributed by atoms with Crippen LogP contribution in [0.15, 0.2) is 60.8 Å². The van der Waals surface area contributed by atoms with Crippen molar-refractivity contribution in [3.63, 3.8) is 0 Å². The van der Waals surface area contributed by atoms with Gasteiger partial charge in [-0.1, -0.05) is 24.3 Å². The average molecular weight is 612 g/mol. The van der Waals surface area contributed by atoms with E-state index in [4.69, 9.17) is 14.7 Å². The first-order chi connectivity index (χ1) is 21.8. The van der Waals surface area contributed by atoms with Gasteiger partial charge < -0.3 is 9.30 Å². The molecule has 6 rings (SSSR count). The maximum atomic E-state index is 14.2. The minimum absolute atomic E-state index is 0.0477. The van der Waals surface area contributed by atoms with E-state index in [9.17, 15) is 18.8 Å². The Morgan fingerprint density at radius 3 is 2.69 bits per heavy atom. The number of hydrogen-bond acceptors (Lipinski definition) is 8. The maximum absolute atomic E-state index is 14.2. The van der Waals surface area contributed by atoms with Gasteiger partial charge in [0.2, 0.25) is 5.82 Å². The number of aryl methyl sites for hydroxylation is 1. The van der Waals surface area contributed by atoms with Gasteiger partial charge in [-0.15, -0.1) is 0 Å². The summed E-state index contributed by atoms with van der Waals surface area (Å²) in [5.41, 5.74) is 5.31. The van der Waals surface area contributed by atoms with Crippen molar-refractivity contribution in [2.45, 2.75) is 25.9 Å². The minimum Gasteiger partial charge on any atom is -0.383 e. The second-order valence-electron chi connectivity index (χ2n) is 11.1. The van der Waals surface area contributed by atoms with E-state index in [0.29, 0.717) is 47.7 Å². The summed E-state index contributed by atoms with van der Waals surface area (Å²) in [6.45, 7) is 3.24. The molecule has 4 heterocycles. The Morgan fingerprint density at radius 2 is 1.96 bits per heavy atom. The fourth-order valence-corrected chi connectivity index (χ4v) is 5.83. The highest BCUT2D eigenvalue weighted by atomic mass is 19.2. The molecule has 0 N–H and O–H groups in total. The zero-order valence-corrected chi connectivity index (χ0v) is 25.1. The highest BCUT2D eigenvalue weighted by Gasteiger charge is 2.37. The van der Waals surface area contributed by atoms with Crippen LogP contribution >= 0.6 is 0 Å². The van der Waals surface area contributed by atoms with Crippen molar-refractivity contribution in [3.05, 3.63) is 95.1 Å². The number of fused-ring (bicyclic) bond motifs is 1. The van der Waals surface area contributed by atoms with Gasteiger partial charge in [-0.3, -0.25) is 9.63 Å². The topological polar surface area (TPSA) is 111 Å². The quantitative estimate of drug-likeness (QED) is 0.216. The van der Waals surface area contributed by atoms with Gasteiger partial charge in [-0.05, 0) is 48.4 Å². The highest BCUT2D eigenvalue weighted by Crippen LogP contribution is 2.37. The summed E-state index contributed by atoms with van der Waals surface area (Å²) in [7, 11) is 3.33. The number of benzene rings is 2. The number of para-hydroxylation sites is 1. The van der Waals surface area contributed by atoms with Crippen LogP contribution in [0.1, 0.15) is 35.2 Å². The van der Waals surface area contributed by atoms with Gasteiger partial charge in [0.05, 0.1) is 23.7 Å². The number of aromatic nitrogens is 5. The van der Waals surface area contributed by atoms with Gasteiger partial charge in [0.1, 0.15) is 23.5 Å². The lowest BCUT2D eigenvalue weighted by molar-refractivity contribution is -0.155. The molecule has 10 nitrogen and oxygen atoms in total. The van der Waals surface area contributed by atoms with Crippen LogP contribution in [0.3, 0.4) is 0 Å². The van der Waals surface area contributed by atoms with Crippen molar-refractivity contribution >= 4 is 16.9 Å². The van der Waals surface area contributed by atoms with E-state index in [-0.39, 0.29) is 30.4 Å². The number of imidazole rings is 1. The summed E-state index contributed by atoms with van der Waals surface area (Å²) < 4.78 is 36.5. The first kappa shape index (κ1) is 30.2. The molecule has 2 atom stereocenters. The highest BCUT2D eigenvalue weighted by molar-refractivity contribution is 5.83. The Hall–Kier alpha value is -4.83. The average Bonchev–Trinajstić information content (AvgIpc) is 3.70. The lowest BCUT2D eigenvalue weighted by Gasteiger charge is -2.18. The van der Waals surface area contributed by atoms with Crippen molar-refractivity contribution in [2.24, 2.45) is 13.0 Å². The predicted molar refractivity (Wildman–Crippen MR) is 161 cm³/mol. The molecule has 0 radical (unpaired) electrons. The van der Waals surface area contributed by atoms with Crippen LogP contribution < -0.4 is 0 Å². The molecule has 45 heavy (non-hydrogen) atoms. The van der Waals surface area contributed by atoms with Crippen LogP contribution in [0.2, 0.25) is 0 Å². The Labute approximate surface area is 258 Å². The summed E-state index contributed by atoms with van der Waals surface area (Å²) in [6, 6.07) is 17.2. The summed E-state index contributed by atoms with van der Waals surface area (Å²) in [5, 5.41) is 16.0. The van der Waals surface area contributed by atoms with E-state index in [2.05, 4.69) is 16.0 Å². The van der Waals surface area contributed by atoms with E-state index >= 15 is 0 Å². The second kappa shape index (κ2) is 12.6. The zero-order chi connectivity index (χ0) is 31.7. The molecule has 2 aromatic carbocycles. The number of nitriles is 1. The fourth-order valence-electron chi connectivity index (χ4n) is 5.83. The van der Waals surface area contributed by atoms with E-state index in [1.807, 2.05) is 43.3 Å². The number of hydrogen-bond donors (Lipinski definition) is 0. The second-order valence-corrected chi connectivity index (χ2v) is 11.1. The molecule has 5 aromatic rings. The van der Waals surface area contributed by atoms with Crippen molar-refractivity contribution in [2.75, 3.05) is 26.8 Å². The number of pyridine rings is 1. The van der Waals surface area contributed by atoms with E-state index in [1.54, 1.807) is 34.7 Å². The first-order valence-corrected chi connectivity index (χ1v) is 14.5. The molecule has 1 aliphatic heterocycles. The molecule has 1 fully saturated rings. The molecule has 0 saturated carbocycles. The number of methoxy groups -OCH3 is 1. The van der Waals surface area contributed by atoms with Gasteiger partial charge in [-0.2, -0.15) is 15.4 Å². The predicted octanol–water partition coefficient (Wildman–Crippen LogP) is 5.03. The molecule has 3 aromatic heterocycles. The van der Waals surface area contributed by atoms with Crippen LogP contribution in [0.25, 0.3) is 28.1 Å². The fraction of sp³-hybridized carbons (Fsp3) is 0.303. The zero-order valence-electron chi connectivity index (χ0n) is 25.1. The standard InChI is InChI=1S/C33H31F2N7O3/c1-20-29(16-25(43)13-23-19-41(11-12-44-3)45-32(23)21-9-10-26(34)27(35)14-21)42(24-7-5-4-6-8-24)39-31(20)22-15-28-33(37-18-22)40(2)30(17-36)38-28/h4-10,14-15,18,23,32H,11-13,16,19H2,1-3H3/t23-,32+/m1/s1. The monoisotopic (exact) mass is 611 g/mol. The van der Waals surface area contributed by atoms with Gasteiger partial charge in [0.25, 0.3) is 0 Å². The number of ether oxygens (including phenoxy) is 1. The number of hydroxylamine groups is 2. The summed E-state index contributed by atoms with van der Waals surface area (Å²) in [5.74, 6) is -1.99. The molecule has 12 heteroatoms. The summed E-state index contributed by atoms with van der Waals surface area (Å²) in [4.78, 5) is 28.8. The molecule has 1 aliphatic rings. The smallest absolute Gasteiger partial charge is 0.214 e. The van der Waals surface area contributed by atoms with Gasteiger partial charge >= 0.3 is 0 Å². The van der Waals surface area contributed by atoms with Gasteiger partial charge in [0, 0.05) is 57.8 Å². The van der Waals surface area contributed by atoms with Crippen LogP contribution in [0.4, 0.5) is 8.78 Å². The van der Waals surface area contributed by atoms with Gasteiger partial charge in [-0.25, -0.2) is 23.4 Å². The molecule has 0 aliphatic carbocycles. The molecule has 0 bridgehead atoms. The molecule has 0 unspecified atom stereocenters. The van der Waals surface area contributed by atoms with Gasteiger partial charge in [0.15, 0.2) is 17.3 Å². The van der Waals surface area contributed by atoms with Crippen molar-refractivity contribution < 1.29 is 23.1 Å². The molecular formula is C33H31F2N7O3. The van der Waals surface area contributed by atoms with E-state index in [1.165, 1.54) is 6.07 Å². The number of Topliss-reactive ketones (excluding diaryl/α,β-unsaturated/α-hetero) is 1. The number of ketones is 1. The SMILES string of the molecule is COCCN1C[C@@H](CC(=O)Cc2c(C)c(-c3cnc4c(c3)nc(C#N)n4C)nn2-c2ccccc2)[C@H](c2ccc(F)c(F)c2)O1.